The van der Waals surface area contributed by atoms with Crippen molar-refractivity contribution < 1.29 is 19.1 Å². The average molecular weight is 318 g/mol. The molecule has 1 unspecified atom stereocenters. The Balaban J connectivity index is 1.63. The minimum atomic E-state index is -0.417. The summed E-state index contributed by atoms with van der Waals surface area (Å²) in [4.78, 5) is 26.0. The lowest BCUT2D eigenvalue weighted by molar-refractivity contribution is -0.128. The summed E-state index contributed by atoms with van der Waals surface area (Å²) in [6, 6.07) is 5.51. The lowest BCUT2D eigenvalue weighted by Gasteiger charge is -2.20. The number of nitrogens with one attached hydrogen (secondary N) is 1. The number of benzene rings is 1. The van der Waals surface area contributed by atoms with Gasteiger partial charge in [-0.05, 0) is 12.1 Å². The Bertz CT molecular complexity index is 636. The number of hydrogen-bond donors (Lipinski definition) is 1. The third-order valence-electron chi connectivity index (χ3n) is 4.11. The molecule has 2 amide bonds. The van der Waals surface area contributed by atoms with E-state index in [2.05, 4.69) is 5.32 Å². The molecule has 0 aromatic heterocycles. The Morgan fingerprint density at radius 2 is 2.04 bits per heavy atom. The smallest absolute Gasteiger partial charge is 0.231 e. The van der Waals surface area contributed by atoms with Crippen LogP contribution in [-0.4, -0.2) is 31.7 Å². The van der Waals surface area contributed by atoms with Crippen LogP contribution in [0.15, 0.2) is 18.2 Å². The van der Waals surface area contributed by atoms with Crippen molar-refractivity contribution in [3.05, 3.63) is 18.2 Å². The number of fused-ring (bicyclic) bond motifs is 1. The first-order valence-corrected chi connectivity index (χ1v) is 7.83. The van der Waals surface area contributed by atoms with Crippen LogP contribution in [0.4, 0.5) is 5.69 Å². The van der Waals surface area contributed by atoms with Gasteiger partial charge >= 0.3 is 0 Å². The summed E-state index contributed by atoms with van der Waals surface area (Å²) in [5.41, 5.74) is 0.392. The molecule has 6 nitrogen and oxygen atoms in total. The van der Waals surface area contributed by atoms with Gasteiger partial charge in [-0.2, -0.15) is 0 Å². The minimum absolute atomic E-state index is 0.00600. The molecule has 1 aromatic carbocycles. The number of rotatable bonds is 3. The van der Waals surface area contributed by atoms with Crippen molar-refractivity contribution in [3.63, 3.8) is 0 Å². The molecule has 0 aliphatic carbocycles. The van der Waals surface area contributed by atoms with E-state index in [4.69, 9.17) is 9.47 Å². The molecule has 0 bridgehead atoms. The van der Waals surface area contributed by atoms with E-state index in [1.165, 1.54) is 0 Å². The molecule has 1 fully saturated rings. The molecule has 1 aromatic rings. The summed E-state index contributed by atoms with van der Waals surface area (Å²) < 4.78 is 10.6. The van der Waals surface area contributed by atoms with E-state index in [0.717, 1.165) is 5.69 Å². The number of ether oxygens (including phenoxy) is 2. The maximum Gasteiger partial charge on any atom is 0.231 e. The first kappa shape index (κ1) is 15.6. The summed E-state index contributed by atoms with van der Waals surface area (Å²) >= 11 is 0. The van der Waals surface area contributed by atoms with Crippen molar-refractivity contribution in [1.82, 2.24) is 5.32 Å². The largest absolute Gasteiger partial charge is 0.454 e. The highest BCUT2D eigenvalue weighted by atomic mass is 16.7. The molecule has 0 radical (unpaired) electrons. The standard InChI is InChI=1S/C17H22N2O4/c1-17(2,3)16(21)18-8-11-6-15(20)19(9-11)12-4-5-13-14(7-12)23-10-22-13/h4-5,7,11H,6,8-10H2,1-3H3,(H,18,21). The van der Waals surface area contributed by atoms with E-state index < -0.39 is 5.41 Å². The Morgan fingerprint density at radius 1 is 1.30 bits per heavy atom. The van der Waals surface area contributed by atoms with Gasteiger partial charge in [0.1, 0.15) is 0 Å². The molecule has 0 saturated carbocycles. The predicted molar refractivity (Wildman–Crippen MR) is 85.5 cm³/mol. The summed E-state index contributed by atoms with van der Waals surface area (Å²) in [6.45, 7) is 6.96. The monoisotopic (exact) mass is 318 g/mol. The quantitative estimate of drug-likeness (QED) is 0.925. The minimum Gasteiger partial charge on any atom is -0.454 e. The molecule has 1 atom stereocenters. The first-order valence-electron chi connectivity index (χ1n) is 7.83. The second kappa shape index (κ2) is 5.76. The highest BCUT2D eigenvalue weighted by Crippen LogP contribution is 2.37. The van der Waals surface area contributed by atoms with Gasteiger partial charge in [-0.25, -0.2) is 0 Å². The third kappa shape index (κ3) is 3.25. The Hall–Kier alpha value is -2.24. The van der Waals surface area contributed by atoms with Crippen LogP contribution in [0.3, 0.4) is 0 Å². The van der Waals surface area contributed by atoms with Crippen LogP contribution in [0.5, 0.6) is 11.5 Å². The van der Waals surface area contributed by atoms with E-state index in [9.17, 15) is 9.59 Å². The number of nitrogens with zero attached hydrogens (tertiary/aromatic N) is 1. The van der Waals surface area contributed by atoms with E-state index in [-0.39, 0.29) is 24.5 Å². The van der Waals surface area contributed by atoms with Crippen molar-refractivity contribution in [2.75, 3.05) is 24.8 Å². The van der Waals surface area contributed by atoms with Crippen LogP contribution < -0.4 is 19.7 Å². The summed E-state index contributed by atoms with van der Waals surface area (Å²) in [5.74, 6) is 1.57. The molecule has 124 valence electrons. The predicted octanol–water partition coefficient (Wildman–Crippen LogP) is 1.93. The maximum absolute atomic E-state index is 12.3. The second-order valence-corrected chi connectivity index (χ2v) is 7.07. The lowest BCUT2D eigenvalue weighted by atomic mass is 9.95. The molecule has 6 heteroatoms. The molecule has 1 N–H and O–H groups in total. The van der Waals surface area contributed by atoms with Crippen molar-refractivity contribution in [2.24, 2.45) is 11.3 Å². The second-order valence-electron chi connectivity index (χ2n) is 7.07. The molecule has 0 spiro atoms. The number of amides is 2. The molecule has 2 aliphatic rings. The van der Waals surface area contributed by atoms with Crippen molar-refractivity contribution in [3.8, 4) is 11.5 Å². The summed E-state index contributed by atoms with van der Waals surface area (Å²) in [6.07, 6.45) is 0.443. The van der Waals surface area contributed by atoms with Crippen LogP contribution in [0.2, 0.25) is 0 Å². The number of carbonyl (C=O) groups is 2. The topological polar surface area (TPSA) is 67.9 Å². The Labute approximate surface area is 135 Å². The molecule has 1 saturated heterocycles. The number of anilines is 1. The molecule has 2 aliphatic heterocycles. The third-order valence-corrected chi connectivity index (χ3v) is 4.11. The van der Waals surface area contributed by atoms with Crippen molar-refractivity contribution in [1.29, 1.82) is 0 Å². The molecular formula is C17H22N2O4. The van der Waals surface area contributed by atoms with Crippen molar-refractivity contribution >= 4 is 17.5 Å². The summed E-state index contributed by atoms with van der Waals surface area (Å²) in [7, 11) is 0. The number of hydrogen-bond acceptors (Lipinski definition) is 4. The Kier molecular flexibility index (Phi) is 3.92. The first-order chi connectivity index (χ1) is 10.8. The van der Waals surface area contributed by atoms with Gasteiger partial charge in [0, 0.05) is 42.6 Å². The SMILES string of the molecule is CC(C)(C)C(=O)NCC1CC(=O)N(c2ccc3c(c2)OCO3)C1. The zero-order valence-corrected chi connectivity index (χ0v) is 13.7. The van der Waals surface area contributed by atoms with Crippen molar-refractivity contribution in [2.45, 2.75) is 27.2 Å². The van der Waals surface area contributed by atoms with E-state index >= 15 is 0 Å². The van der Waals surface area contributed by atoms with E-state index in [1.807, 2.05) is 39.0 Å². The average Bonchev–Trinajstić information content (AvgIpc) is 3.09. The van der Waals surface area contributed by atoms with Gasteiger partial charge in [0.25, 0.3) is 0 Å². The van der Waals surface area contributed by atoms with Gasteiger partial charge < -0.3 is 19.7 Å². The van der Waals surface area contributed by atoms with Gasteiger partial charge in [-0.15, -0.1) is 0 Å². The van der Waals surface area contributed by atoms with Crippen LogP contribution >= 0.6 is 0 Å². The maximum atomic E-state index is 12.3. The summed E-state index contributed by atoms with van der Waals surface area (Å²) in [5, 5.41) is 2.94. The van der Waals surface area contributed by atoms with Crippen LogP contribution in [0.1, 0.15) is 27.2 Å². The van der Waals surface area contributed by atoms with Gasteiger partial charge in [0.2, 0.25) is 18.6 Å². The molecule has 23 heavy (non-hydrogen) atoms. The fraction of sp³-hybridized carbons (Fsp3) is 0.529. The fourth-order valence-corrected chi connectivity index (χ4v) is 2.72. The van der Waals surface area contributed by atoms with Crippen LogP contribution in [-0.2, 0) is 9.59 Å². The van der Waals surface area contributed by atoms with E-state index in [1.54, 1.807) is 4.90 Å². The van der Waals surface area contributed by atoms with E-state index in [0.29, 0.717) is 31.0 Å². The zero-order valence-electron chi connectivity index (χ0n) is 13.7. The number of carbonyl (C=O) groups excluding carboxylic acids is 2. The molecule has 3 rings (SSSR count). The van der Waals surface area contributed by atoms with Gasteiger partial charge in [0.05, 0.1) is 0 Å². The van der Waals surface area contributed by atoms with Gasteiger partial charge in [0.15, 0.2) is 11.5 Å². The molecular weight excluding hydrogens is 296 g/mol. The van der Waals surface area contributed by atoms with Crippen LogP contribution in [0, 0.1) is 11.3 Å². The van der Waals surface area contributed by atoms with Gasteiger partial charge in [-0.1, -0.05) is 20.8 Å². The fourth-order valence-electron chi connectivity index (χ4n) is 2.72. The normalized spacial score (nSPS) is 20.0. The van der Waals surface area contributed by atoms with Gasteiger partial charge in [-0.3, -0.25) is 9.59 Å². The lowest BCUT2D eigenvalue weighted by Crippen LogP contribution is -2.38. The molecule has 2 heterocycles. The van der Waals surface area contributed by atoms with Crippen LogP contribution in [0.25, 0.3) is 0 Å². The Morgan fingerprint density at radius 3 is 2.78 bits per heavy atom. The highest BCUT2D eigenvalue weighted by Gasteiger charge is 2.32. The zero-order chi connectivity index (χ0) is 16.6. The highest BCUT2D eigenvalue weighted by molar-refractivity contribution is 5.96.